The molecule has 0 N–H and O–H groups in total. The molecule has 0 atom stereocenters. The molecule has 0 bridgehead atoms. The Bertz CT molecular complexity index is 2900. The van der Waals surface area contributed by atoms with Crippen molar-refractivity contribution in [1.82, 2.24) is 14.1 Å². The van der Waals surface area contributed by atoms with Crippen molar-refractivity contribution in [1.29, 1.82) is 0 Å². The maximum absolute atomic E-state index is 4.47. The summed E-state index contributed by atoms with van der Waals surface area (Å²) in [7, 11) is 0. The fourth-order valence-electron chi connectivity index (χ4n) is 8.28. The van der Waals surface area contributed by atoms with Crippen molar-refractivity contribution in [3.8, 4) is 33.6 Å². The molecule has 3 aromatic heterocycles. The van der Waals surface area contributed by atoms with E-state index in [-0.39, 0.29) is 0 Å². The van der Waals surface area contributed by atoms with Gasteiger partial charge in [-0.2, -0.15) is 0 Å². The second kappa shape index (κ2) is 10.8. The minimum atomic E-state index is 1.09. The van der Waals surface area contributed by atoms with Crippen molar-refractivity contribution in [3.63, 3.8) is 0 Å². The Kier molecular flexibility index (Phi) is 5.92. The number of fused-ring (bicyclic) bond motifs is 8. The summed E-state index contributed by atoms with van der Waals surface area (Å²) in [5.41, 5.74) is 15.1. The predicted molar refractivity (Wildman–Crippen MR) is 212 cm³/mol. The van der Waals surface area contributed by atoms with E-state index in [4.69, 9.17) is 0 Å². The molecule has 0 saturated carbocycles. The highest BCUT2D eigenvalue weighted by molar-refractivity contribution is 6.22. The average Bonchev–Trinajstić information content (AvgIpc) is 3.71. The summed E-state index contributed by atoms with van der Waals surface area (Å²) in [5.74, 6) is 0. The predicted octanol–water partition coefficient (Wildman–Crippen LogP) is 12.4. The summed E-state index contributed by atoms with van der Waals surface area (Å²) in [6, 6.07) is 61.6. The highest BCUT2D eigenvalue weighted by atomic mass is 15.2. The zero-order valence-corrected chi connectivity index (χ0v) is 27.6. The lowest BCUT2D eigenvalue weighted by Crippen LogP contribution is -2.17. The lowest BCUT2D eigenvalue weighted by atomic mass is 9.98. The fourth-order valence-corrected chi connectivity index (χ4v) is 8.28. The molecule has 0 spiro atoms. The van der Waals surface area contributed by atoms with Crippen molar-refractivity contribution < 1.29 is 0 Å². The van der Waals surface area contributed by atoms with Gasteiger partial charge in [0.2, 0.25) is 0 Å². The van der Waals surface area contributed by atoms with Crippen molar-refractivity contribution in [2.24, 2.45) is 0 Å². The van der Waals surface area contributed by atoms with E-state index >= 15 is 0 Å². The highest BCUT2D eigenvalue weighted by Crippen LogP contribution is 2.50. The molecule has 238 valence electrons. The number of rotatable bonds is 4. The molecule has 0 radical (unpaired) electrons. The van der Waals surface area contributed by atoms with Crippen LogP contribution in [0.3, 0.4) is 0 Å². The van der Waals surface area contributed by atoms with Gasteiger partial charge in [0.1, 0.15) is 0 Å². The molecule has 4 heteroatoms. The molecule has 4 heterocycles. The number of anilines is 3. The zero-order chi connectivity index (χ0) is 33.5. The van der Waals surface area contributed by atoms with E-state index in [2.05, 4.69) is 183 Å². The SMILES string of the molecule is c1ccc(-c2cc(-c3cccnc3)cc(-n3c4ccccc4c4cc5c6cccc7c6n(c5cc43)-c3ccccc3N7c3ccccc3)c2)cc1. The van der Waals surface area contributed by atoms with Crippen LogP contribution >= 0.6 is 0 Å². The van der Waals surface area contributed by atoms with Gasteiger partial charge in [-0.05, 0) is 89.5 Å². The molecule has 4 nitrogen and oxygen atoms in total. The average molecular weight is 651 g/mol. The highest BCUT2D eigenvalue weighted by Gasteiger charge is 2.29. The summed E-state index contributed by atoms with van der Waals surface area (Å²) >= 11 is 0. The molecular weight excluding hydrogens is 621 g/mol. The van der Waals surface area contributed by atoms with Gasteiger partial charge in [0.25, 0.3) is 0 Å². The van der Waals surface area contributed by atoms with Gasteiger partial charge < -0.3 is 14.0 Å². The first-order chi connectivity index (χ1) is 25.3. The van der Waals surface area contributed by atoms with Crippen LogP contribution in [-0.2, 0) is 0 Å². The molecule has 11 rings (SSSR count). The number of aromatic nitrogens is 3. The standard InChI is InChI=1S/C47H30N4/c1-3-13-31(14-4-1)33-25-34(32-15-12-24-48-30-32)27-36(26-33)50-41-20-8-7-18-37(41)39-28-40-38-19-11-23-44-47(38)51(46(40)29-45(39)50)43-22-10-9-21-42(43)49(44)35-16-5-2-6-17-35/h1-30H. The molecule has 0 saturated heterocycles. The summed E-state index contributed by atoms with van der Waals surface area (Å²) in [4.78, 5) is 6.88. The first kappa shape index (κ1) is 28.0. The van der Waals surface area contributed by atoms with Crippen LogP contribution < -0.4 is 4.90 Å². The number of nitrogens with zero attached hydrogens (tertiary/aromatic N) is 4. The van der Waals surface area contributed by atoms with Crippen LogP contribution in [0, 0.1) is 0 Å². The quantitative estimate of drug-likeness (QED) is 0.189. The van der Waals surface area contributed by atoms with Gasteiger partial charge in [-0.25, -0.2) is 0 Å². The molecule has 0 fully saturated rings. The summed E-state index contributed by atoms with van der Waals surface area (Å²) in [5, 5.41) is 4.98. The first-order valence-corrected chi connectivity index (χ1v) is 17.4. The van der Waals surface area contributed by atoms with Gasteiger partial charge in [-0.15, -0.1) is 0 Å². The molecule has 0 unspecified atom stereocenters. The minimum absolute atomic E-state index is 1.09. The molecule has 1 aliphatic rings. The normalized spacial score (nSPS) is 12.3. The van der Waals surface area contributed by atoms with E-state index in [0.29, 0.717) is 0 Å². The fraction of sp³-hybridized carbons (Fsp3) is 0. The van der Waals surface area contributed by atoms with Gasteiger partial charge in [-0.3, -0.25) is 4.98 Å². The maximum Gasteiger partial charge on any atom is 0.0783 e. The molecule has 0 amide bonds. The molecule has 7 aromatic carbocycles. The van der Waals surface area contributed by atoms with E-state index < -0.39 is 0 Å². The van der Waals surface area contributed by atoms with Gasteiger partial charge in [0.05, 0.1) is 39.1 Å². The van der Waals surface area contributed by atoms with Crippen molar-refractivity contribution in [3.05, 3.63) is 182 Å². The van der Waals surface area contributed by atoms with Crippen molar-refractivity contribution in [2.45, 2.75) is 0 Å². The molecule has 1 aliphatic heterocycles. The third-order valence-electron chi connectivity index (χ3n) is 10.5. The van der Waals surface area contributed by atoms with E-state index in [1.54, 1.807) is 0 Å². The van der Waals surface area contributed by atoms with Crippen LogP contribution in [0.15, 0.2) is 182 Å². The van der Waals surface area contributed by atoms with Crippen LogP contribution in [0.1, 0.15) is 0 Å². The van der Waals surface area contributed by atoms with Crippen molar-refractivity contribution >= 4 is 60.7 Å². The third kappa shape index (κ3) is 4.11. The number of hydrogen-bond donors (Lipinski definition) is 0. The van der Waals surface area contributed by atoms with Crippen LogP contribution in [0.25, 0.3) is 77.2 Å². The van der Waals surface area contributed by atoms with Gasteiger partial charge in [0.15, 0.2) is 0 Å². The number of hydrogen-bond acceptors (Lipinski definition) is 2. The van der Waals surface area contributed by atoms with E-state index in [0.717, 1.165) is 22.5 Å². The second-order valence-corrected chi connectivity index (χ2v) is 13.3. The molecule has 51 heavy (non-hydrogen) atoms. The van der Waals surface area contributed by atoms with Gasteiger partial charge >= 0.3 is 0 Å². The monoisotopic (exact) mass is 650 g/mol. The van der Waals surface area contributed by atoms with E-state index in [1.807, 2.05) is 18.5 Å². The Morgan fingerprint density at radius 3 is 1.82 bits per heavy atom. The smallest absolute Gasteiger partial charge is 0.0783 e. The van der Waals surface area contributed by atoms with E-state index in [1.165, 1.54) is 71.8 Å². The summed E-state index contributed by atoms with van der Waals surface area (Å²) < 4.78 is 4.94. The Labute approximate surface area is 294 Å². The van der Waals surface area contributed by atoms with Gasteiger partial charge in [-0.1, -0.05) is 97.1 Å². The van der Waals surface area contributed by atoms with E-state index in [9.17, 15) is 0 Å². The van der Waals surface area contributed by atoms with Gasteiger partial charge in [0, 0.05) is 50.9 Å². The molecule has 0 aliphatic carbocycles. The Hall–Kier alpha value is -6.91. The number of para-hydroxylation sites is 5. The zero-order valence-electron chi connectivity index (χ0n) is 27.6. The lowest BCUT2D eigenvalue weighted by molar-refractivity contribution is 1.11. The molecular formula is C47H30N4. The first-order valence-electron chi connectivity index (χ1n) is 17.4. The van der Waals surface area contributed by atoms with Crippen LogP contribution in [0.2, 0.25) is 0 Å². The lowest BCUT2D eigenvalue weighted by Gasteiger charge is -2.33. The summed E-state index contributed by atoms with van der Waals surface area (Å²) in [6.07, 6.45) is 3.79. The Morgan fingerprint density at radius 2 is 1.00 bits per heavy atom. The Morgan fingerprint density at radius 1 is 0.353 bits per heavy atom. The topological polar surface area (TPSA) is 26.0 Å². The maximum atomic E-state index is 4.47. The van der Waals surface area contributed by atoms with Crippen molar-refractivity contribution in [2.75, 3.05) is 4.90 Å². The summed E-state index contributed by atoms with van der Waals surface area (Å²) in [6.45, 7) is 0. The van der Waals surface area contributed by atoms with Crippen LogP contribution in [0.5, 0.6) is 0 Å². The number of pyridine rings is 1. The third-order valence-corrected chi connectivity index (χ3v) is 10.5. The molecule has 10 aromatic rings. The van der Waals surface area contributed by atoms with Crippen LogP contribution in [0.4, 0.5) is 17.1 Å². The number of benzene rings is 7. The van der Waals surface area contributed by atoms with Crippen LogP contribution in [-0.4, -0.2) is 14.1 Å². The minimum Gasteiger partial charge on any atom is -0.309 e. The Balaban J connectivity index is 1.25. The largest absolute Gasteiger partial charge is 0.309 e. The second-order valence-electron chi connectivity index (χ2n) is 13.3.